The fourth-order valence-corrected chi connectivity index (χ4v) is 2.68. The van der Waals surface area contributed by atoms with E-state index in [0.717, 1.165) is 32.1 Å². The highest BCUT2D eigenvalue weighted by molar-refractivity contribution is 5.75. The SMILES string of the molecule is CN(C)C(=O)CCCN1CC(N2CCNCC2)C1. The summed E-state index contributed by atoms with van der Waals surface area (Å²) in [6.07, 6.45) is 1.67. The van der Waals surface area contributed by atoms with Crippen molar-refractivity contribution in [3.8, 4) is 0 Å². The molecule has 0 bridgehead atoms. The van der Waals surface area contributed by atoms with Crippen LogP contribution in [0, 0.1) is 0 Å². The first-order valence-corrected chi connectivity index (χ1v) is 7.04. The monoisotopic (exact) mass is 254 g/mol. The van der Waals surface area contributed by atoms with Crippen LogP contribution in [0.25, 0.3) is 0 Å². The summed E-state index contributed by atoms with van der Waals surface area (Å²) in [6.45, 7) is 8.10. The third-order valence-electron chi connectivity index (χ3n) is 3.97. The molecule has 2 heterocycles. The molecule has 0 aliphatic carbocycles. The lowest BCUT2D eigenvalue weighted by Gasteiger charge is -2.47. The van der Waals surface area contributed by atoms with Crippen LogP contribution < -0.4 is 5.32 Å². The number of likely N-dealkylation sites (tertiary alicyclic amines) is 1. The summed E-state index contributed by atoms with van der Waals surface area (Å²) in [5.41, 5.74) is 0. The summed E-state index contributed by atoms with van der Waals surface area (Å²) in [4.78, 5) is 18.2. The molecule has 0 atom stereocenters. The van der Waals surface area contributed by atoms with Crippen molar-refractivity contribution < 1.29 is 4.79 Å². The van der Waals surface area contributed by atoms with Gasteiger partial charge in [-0.25, -0.2) is 0 Å². The number of amides is 1. The van der Waals surface area contributed by atoms with Gasteiger partial charge in [-0.2, -0.15) is 0 Å². The number of rotatable bonds is 5. The van der Waals surface area contributed by atoms with Crippen molar-refractivity contribution in [1.29, 1.82) is 0 Å². The molecule has 2 saturated heterocycles. The van der Waals surface area contributed by atoms with Gasteiger partial charge >= 0.3 is 0 Å². The van der Waals surface area contributed by atoms with Crippen molar-refractivity contribution in [2.75, 3.05) is 59.9 Å². The van der Waals surface area contributed by atoms with Gasteiger partial charge in [0.2, 0.25) is 5.91 Å². The lowest BCUT2D eigenvalue weighted by atomic mass is 10.1. The van der Waals surface area contributed by atoms with Gasteiger partial charge in [0.1, 0.15) is 0 Å². The number of hydrogen-bond donors (Lipinski definition) is 1. The second-order valence-electron chi connectivity index (χ2n) is 5.59. The molecule has 1 amide bonds. The van der Waals surface area contributed by atoms with Crippen LogP contribution in [0.4, 0.5) is 0 Å². The highest BCUT2D eigenvalue weighted by atomic mass is 16.2. The second-order valence-corrected chi connectivity index (χ2v) is 5.59. The molecule has 0 radical (unpaired) electrons. The molecule has 2 rings (SSSR count). The molecule has 0 spiro atoms. The Bertz CT molecular complexity index is 270. The number of piperazine rings is 1. The Kier molecular flexibility index (Phi) is 4.97. The van der Waals surface area contributed by atoms with Crippen molar-refractivity contribution in [1.82, 2.24) is 20.0 Å². The maximum absolute atomic E-state index is 11.4. The van der Waals surface area contributed by atoms with E-state index in [4.69, 9.17) is 0 Å². The molecule has 2 aliphatic rings. The maximum Gasteiger partial charge on any atom is 0.222 e. The number of nitrogens with zero attached hydrogens (tertiary/aromatic N) is 3. The van der Waals surface area contributed by atoms with Gasteiger partial charge in [0.05, 0.1) is 0 Å². The first-order chi connectivity index (χ1) is 8.66. The standard InChI is InChI=1S/C13H26N4O/c1-15(2)13(18)4-3-7-16-10-12(11-16)17-8-5-14-6-9-17/h12,14H,3-11H2,1-2H3. The number of nitrogens with one attached hydrogen (secondary N) is 1. The normalized spacial score (nSPS) is 22.8. The fourth-order valence-electron chi connectivity index (χ4n) is 2.68. The molecule has 2 aliphatic heterocycles. The smallest absolute Gasteiger partial charge is 0.222 e. The van der Waals surface area contributed by atoms with E-state index in [1.54, 1.807) is 4.90 Å². The van der Waals surface area contributed by atoms with Crippen molar-refractivity contribution in [3.63, 3.8) is 0 Å². The Morgan fingerprint density at radius 1 is 1.28 bits per heavy atom. The van der Waals surface area contributed by atoms with Gasteiger partial charge in [0, 0.05) is 65.8 Å². The highest BCUT2D eigenvalue weighted by Gasteiger charge is 2.31. The number of carbonyl (C=O) groups excluding carboxylic acids is 1. The summed E-state index contributed by atoms with van der Waals surface area (Å²) in [5.74, 6) is 0.245. The minimum absolute atomic E-state index is 0.245. The van der Waals surface area contributed by atoms with Crippen molar-refractivity contribution in [3.05, 3.63) is 0 Å². The van der Waals surface area contributed by atoms with Crippen molar-refractivity contribution in [2.24, 2.45) is 0 Å². The molecule has 104 valence electrons. The van der Waals surface area contributed by atoms with Gasteiger partial charge in [-0.15, -0.1) is 0 Å². The Morgan fingerprint density at radius 3 is 2.56 bits per heavy atom. The van der Waals surface area contributed by atoms with Crippen LogP contribution in [0.15, 0.2) is 0 Å². The second kappa shape index (κ2) is 6.50. The van der Waals surface area contributed by atoms with E-state index < -0.39 is 0 Å². The quantitative estimate of drug-likeness (QED) is 0.714. The zero-order chi connectivity index (χ0) is 13.0. The predicted molar refractivity (Wildman–Crippen MR) is 72.6 cm³/mol. The Labute approximate surface area is 110 Å². The zero-order valence-electron chi connectivity index (χ0n) is 11.7. The van der Waals surface area contributed by atoms with Crippen LogP contribution in [-0.4, -0.2) is 86.6 Å². The molecular formula is C13H26N4O. The third-order valence-corrected chi connectivity index (χ3v) is 3.97. The summed E-state index contributed by atoms with van der Waals surface area (Å²) in [6, 6.07) is 0.761. The average Bonchev–Trinajstić information content (AvgIpc) is 2.32. The molecule has 5 heteroatoms. The van der Waals surface area contributed by atoms with E-state index >= 15 is 0 Å². The van der Waals surface area contributed by atoms with Crippen LogP contribution in [-0.2, 0) is 4.79 Å². The summed E-state index contributed by atoms with van der Waals surface area (Å²) in [7, 11) is 3.65. The van der Waals surface area contributed by atoms with Gasteiger partial charge in [0.15, 0.2) is 0 Å². The van der Waals surface area contributed by atoms with E-state index in [2.05, 4.69) is 15.1 Å². The van der Waals surface area contributed by atoms with E-state index in [1.807, 2.05) is 14.1 Å². The lowest BCUT2D eigenvalue weighted by molar-refractivity contribution is -0.128. The molecule has 1 N–H and O–H groups in total. The van der Waals surface area contributed by atoms with Gasteiger partial charge in [-0.3, -0.25) is 9.69 Å². The van der Waals surface area contributed by atoms with Crippen molar-refractivity contribution in [2.45, 2.75) is 18.9 Å². The maximum atomic E-state index is 11.4. The van der Waals surface area contributed by atoms with E-state index in [0.29, 0.717) is 6.42 Å². The zero-order valence-corrected chi connectivity index (χ0v) is 11.7. The summed E-state index contributed by atoms with van der Waals surface area (Å²) >= 11 is 0. The molecule has 18 heavy (non-hydrogen) atoms. The Balaban J connectivity index is 1.54. The molecular weight excluding hydrogens is 228 g/mol. The minimum atomic E-state index is 0.245. The van der Waals surface area contributed by atoms with Crippen LogP contribution in [0.1, 0.15) is 12.8 Å². The fraction of sp³-hybridized carbons (Fsp3) is 0.923. The average molecular weight is 254 g/mol. The highest BCUT2D eigenvalue weighted by Crippen LogP contribution is 2.16. The van der Waals surface area contributed by atoms with Crippen molar-refractivity contribution >= 4 is 5.91 Å². The molecule has 0 aromatic heterocycles. The van der Waals surface area contributed by atoms with Crippen LogP contribution >= 0.6 is 0 Å². The molecule has 0 unspecified atom stereocenters. The van der Waals surface area contributed by atoms with E-state index in [1.165, 1.54) is 26.2 Å². The molecule has 2 fully saturated rings. The third kappa shape index (κ3) is 3.67. The van der Waals surface area contributed by atoms with Gasteiger partial charge in [0.25, 0.3) is 0 Å². The molecule has 0 saturated carbocycles. The first-order valence-electron chi connectivity index (χ1n) is 7.04. The lowest BCUT2D eigenvalue weighted by Crippen LogP contribution is -2.62. The van der Waals surface area contributed by atoms with Crippen LogP contribution in [0.2, 0.25) is 0 Å². The largest absolute Gasteiger partial charge is 0.349 e. The number of hydrogen-bond acceptors (Lipinski definition) is 4. The Morgan fingerprint density at radius 2 is 1.94 bits per heavy atom. The minimum Gasteiger partial charge on any atom is -0.349 e. The predicted octanol–water partition coefficient (Wildman–Crippen LogP) is -0.556. The molecule has 0 aromatic carbocycles. The number of carbonyl (C=O) groups is 1. The van der Waals surface area contributed by atoms with Gasteiger partial charge in [-0.1, -0.05) is 0 Å². The Hall–Kier alpha value is -0.650. The topological polar surface area (TPSA) is 38.8 Å². The summed E-state index contributed by atoms with van der Waals surface area (Å²) < 4.78 is 0. The first kappa shape index (κ1) is 13.8. The van der Waals surface area contributed by atoms with Gasteiger partial charge in [-0.05, 0) is 13.0 Å². The van der Waals surface area contributed by atoms with E-state index in [9.17, 15) is 4.79 Å². The van der Waals surface area contributed by atoms with Crippen LogP contribution in [0.5, 0.6) is 0 Å². The summed E-state index contributed by atoms with van der Waals surface area (Å²) in [5, 5.41) is 3.39. The van der Waals surface area contributed by atoms with Crippen LogP contribution in [0.3, 0.4) is 0 Å². The van der Waals surface area contributed by atoms with Gasteiger partial charge < -0.3 is 15.1 Å². The molecule has 0 aromatic rings. The molecule has 5 nitrogen and oxygen atoms in total. The van der Waals surface area contributed by atoms with E-state index in [-0.39, 0.29) is 5.91 Å².